The highest BCUT2D eigenvalue weighted by atomic mass is 19.1. The van der Waals surface area contributed by atoms with E-state index in [2.05, 4.69) is 5.43 Å². The summed E-state index contributed by atoms with van der Waals surface area (Å²) in [6.07, 6.45) is 3.79. The average molecular weight is 268 g/mol. The zero-order chi connectivity index (χ0) is 13.9. The Morgan fingerprint density at radius 3 is 2.63 bits per heavy atom. The van der Waals surface area contributed by atoms with E-state index < -0.39 is 0 Å². The Kier molecular flexibility index (Phi) is 4.39. The molecule has 1 fully saturated rings. The number of benzene rings is 1. The van der Waals surface area contributed by atoms with E-state index in [1.54, 1.807) is 25.3 Å². The van der Waals surface area contributed by atoms with Crippen molar-refractivity contribution in [1.82, 2.24) is 5.43 Å². The molecule has 1 saturated carbocycles. The Bertz CT molecular complexity index is 430. The van der Waals surface area contributed by atoms with Gasteiger partial charge in [-0.15, -0.1) is 0 Å². The van der Waals surface area contributed by atoms with Crippen LogP contribution in [-0.4, -0.2) is 19.8 Å². The molecule has 0 spiro atoms. The van der Waals surface area contributed by atoms with Crippen molar-refractivity contribution in [3.05, 3.63) is 29.6 Å². The van der Waals surface area contributed by atoms with Gasteiger partial charge in [0.2, 0.25) is 0 Å². The number of rotatable bonds is 6. The monoisotopic (exact) mass is 268 g/mol. The number of nitrogens with one attached hydrogen (secondary N) is 1. The molecule has 1 aliphatic carbocycles. The maximum absolute atomic E-state index is 14.2. The Morgan fingerprint density at radius 2 is 2.16 bits per heavy atom. The highest BCUT2D eigenvalue weighted by molar-refractivity contribution is 5.33. The smallest absolute Gasteiger partial charge is 0.169 e. The van der Waals surface area contributed by atoms with Gasteiger partial charge in [0, 0.05) is 12.7 Å². The minimum absolute atomic E-state index is 0.174. The second kappa shape index (κ2) is 5.86. The normalized spacial score (nSPS) is 18.7. The van der Waals surface area contributed by atoms with Gasteiger partial charge in [-0.3, -0.25) is 11.3 Å². The SMILES string of the molecule is COc1cccc(C(CC2(OC)CCC2)NN)c1F. The Balaban J connectivity index is 2.22. The summed E-state index contributed by atoms with van der Waals surface area (Å²) >= 11 is 0. The van der Waals surface area contributed by atoms with Crippen LogP contribution in [0.4, 0.5) is 4.39 Å². The number of methoxy groups -OCH3 is 2. The topological polar surface area (TPSA) is 56.5 Å². The second-order valence-corrected chi connectivity index (χ2v) is 5.03. The summed E-state index contributed by atoms with van der Waals surface area (Å²) in [4.78, 5) is 0. The minimum Gasteiger partial charge on any atom is -0.494 e. The lowest BCUT2D eigenvalue weighted by Gasteiger charge is -2.42. The third kappa shape index (κ3) is 2.73. The average Bonchev–Trinajstić information content (AvgIpc) is 2.39. The standard InChI is InChI=1S/C14H21FN2O2/c1-18-12-6-3-5-10(13(12)15)11(17-16)9-14(19-2)7-4-8-14/h3,5-6,11,17H,4,7-9,16H2,1-2H3. The van der Waals surface area contributed by atoms with Crippen LogP contribution in [0.5, 0.6) is 5.75 Å². The second-order valence-electron chi connectivity index (χ2n) is 5.03. The predicted octanol–water partition coefficient (Wildman–Crippen LogP) is 2.30. The van der Waals surface area contributed by atoms with Crippen LogP contribution in [0.3, 0.4) is 0 Å². The fraction of sp³-hybridized carbons (Fsp3) is 0.571. The van der Waals surface area contributed by atoms with E-state index in [1.165, 1.54) is 7.11 Å². The van der Waals surface area contributed by atoms with Gasteiger partial charge in [-0.2, -0.15) is 0 Å². The number of hydrazine groups is 1. The van der Waals surface area contributed by atoms with E-state index in [1.807, 2.05) is 0 Å². The summed E-state index contributed by atoms with van der Waals surface area (Å²) < 4.78 is 24.8. The molecule has 2 rings (SSSR count). The molecule has 4 nitrogen and oxygen atoms in total. The van der Waals surface area contributed by atoms with Crippen LogP contribution in [0.2, 0.25) is 0 Å². The lowest BCUT2D eigenvalue weighted by atomic mass is 9.74. The maximum Gasteiger partial charge on any atom is 0.169 e. The van der Waals surface area contributed by atoms with Gasteiger partial charge in [0.1, 0.15) is 0 Å². The summed E-state index contributed by atoms with van der Waals surface area (Å²) in [5.74, 6) is 5.46. The summed E-state index contributed by atoms with van der Waals surface area (Å²) in [6, 6.07) is 4.81. The van der Waals surface area contributed by atoms with Gasteiger partial charge in [0.25, 0.3) is 0 Å². The molecule has 0 aliphatic heterocycles. The summed E-state index contributed by atoms with van der Waals surface area (Å²) in [5, 5.41) is 0. The van der Waals surface area contributed by atoms with Gasteiger partial charge >= 0.3 is 0 Å². The zero-order valence-electron chi connectivity index (χ0n) is 11.4. The number of nitrogens with two attached hydrogens (primary N) is 1. The number of hydrogen-bond donors (Lipinski definition) is 2. The fourth-order valence-corrected chi connectivity index (χ4v) is 2.65. The number of hydrogen-bond acceptors (Lipinski definition) is 4. The molecule has 0 heterocycles. The maximum atomic E-state index is 14.2. The van der Waals surface area contributed by atoms with Crippen LogP contribution < -0.4 is 16.0 Å². The molecule has 0 amide bonds. The van der Waals surface area contributed by atoms with Crippen LogP contribution in [0, 0.1) is 5.82 Å². The largest absolute Gasteiger partial charge is 0.494 e. The fourth-order valence-electron chi connectivity index (χ4n) is 2.65. The van der Waals surface area contributed by atoms with E-state index in [0.29, 0.717) is 12.0 Å². The molecule has 1 unspecified atom stereocenters. The molecule has 0 bridgehead atoms. The van der Waals surface area contributed by atoms with Crippen LogP contribution in [0.25, 0.3) is 0 Å². The highest BCUT2D eigenvalue weighted by Gasteiger charge is 2.39. The van der Waals surface area contributed by atoms with Crippen molar-refractivity contribution in [3.63, 3.8) is 0 Å². The van der Waals surface area contributed by atoms with Gasteiger partial charge in [-0.05, 0) is 31.7 Å². The summed E-state index contributed by atoms with van der Waals surface area (Å²) in [7, 11) is 3.16. The molecular formula is C14H21FN2O2. The summed E-state index contributed by atoms with van der Waals surface area (Å²) in [6.45, 7) is 0. The van der Waals surface area contributed by atoms with E-state index in [4.69, 9.17) is 15.3 Å². The van der Waals surface area contributed by atoms with Gasteiger partial charge in [0.05, 0.1) is 18.8 Å². The third-order valence-electron chi connectivity index (χ3n) is 4.06. The van der Waals surface area contributed by atoms with Crippen LogP contribution >= 0.6 is 0 Å². The first-order valence-corrected chi connectivity index (χ1v) is 6.49. The zero-order valence-corrected chi connectivity index (χ0v) is 11.4. The first kappa shape index (κ1) is 14.2. The molecule has 1 aromatic carbocycles. The van der Waals surface area contributed by atoms with Gasteiger partial charge in [-0.25, -0.2) is 4.39 Å². The van der Waals surface area contributed by atoms with Crippen molar-refractivity contribution in [3.8, 4) is 5.75 Å². The van der Waals surface area contributed by atoms with Gasteiger partial charge < -0.3 is 9.47 Å². The van der Waals surface area contributed by atoms with Gasteiger partial charge in [0.15, 0.2) is 11.6 Å². The van der Waals surface area contributed by atoms with Crippen LogP contribution in [0.15, 0.2) is 18.2 Å². The molecule has 1 aliphatic rings. The molecule has 1 aromatic rings. The lowest BCUT2D eigenvalue weighted by Crippen LogP contribution is -2.44. The van der Waals surface area contributed by atoms with Crippen molar-refractivity contribution in [2.75, 3.05) is 14.2 Å². The first-order valence-electron chi connectivity index (χ1n) is 6.49. The van der Waals surface area contributed by atoms with Gasteiger partial charge in [-0.1, -0.05) is 12.1 Å². The quantitative estimate of drug-likeness (QED) is 0.614. The van der Waals surface area contributed by atoms with Crippen molar-refractivity contribution >= 4 is 0 Å². The van der Waals surface area contributed by atoms with E-state index in [9.17, 15) is 4.39 Å². The first-order chi connectivity index (χ1) is 9.15. The molecular weight excluding hydrogens is 247 g/mol. The molecule has 3 N–H and O–H groups in total. The molecule has 5 heteroatoms. The van der Waals surface area contributed by atoms with Crippen LogP contribution in [0.1, 0.15) is 37.3 Å². The summed E-state index contributed by atoms with van der Waals surface area (Å²) in [5.41, 5.74) is 3.04. The van der Waals surface area contributed by atoms with Crippen molar-refractivity contribution in [2.45, 2.75) is 37.3 Å². The minimum atomic E-state index is -0.362. The molecule has 0 saturated heterocycles. The Morgan fingerprint density at radius 1 is 1.42 bits per heavy atom. The van der Waals surface area contributed by atoms with Crippen LogP contribution in [-0.2, 0) is 4.74 Å². The molecule has 19 heavy (non-hydrogen) atoms. The van der Waals surface area contributed by atoms with Crippen molar-refractivity contribution in [2.24, 2.45) is 5.84 Å². The number of halogens is 1. The highest BCUT2D eigenvalue weighted by Crippen LogP contribution is 2.42. The molecule has 106 valence electrons. The van der Waals surface area contributed by atoms with E-state index >= 15 is 0 Å². The van der Waals surface area contributed by atoms with Crippen molar-refractivity contribution < 1.29 is 13.9 Å². The Hall–Kier alpha value is -1.17. The third-order valence-corrected chi connectivity index (χ3v) is 4.06. The molecule has 0 radical (unpaired) electrons. The van der Waals surface area contributed by atoms with E-state index in [-0.39, 0.29) is 23.2 Å². The molecule has 1 atom stereocenters. The number of ether oxygens (including phenoxy) is 2. The Labute approximate surface area is 113 Å². The molecule has 0 aromatic heterocycles. The van der Waals surface area contributed by atoms with E-state index in [0.717, 1.165) is 19.3 Å². The van der Waals surface area contributed by atoms with Crippen molar-refractivity contribution in [1.29, 1.82) is 0 Å². The predicted molar refractivity (Wildman–Crippen MR) is 71.2 cm³/mol. The lowest BCUT2D eigenvalue weighted by molar-refractivity contribution is -0.0840.